The second kappa shape index (κ2) is 7.86. The van der Waals surface area contributed by atoms with Gasteiger partial charge in [0.05, 0.1) is 11.7 Å². The molecule has 23 heavy (non-hydrogen) atoms. The zero-order valence-electron chi connectivity index (χ0n) is 14.1. The van der Waals surface area contributed by atoms with Crippen molar-refractivity contribution < 1.29 is 9.53 Å². The average Bonchev–Trinajstić information content (AvgIpc) is 2.40. The van der Waals surface area contributed by atoms with Gasteiger partial charge >= 0.3 is 0 Å². The Hall–Kier alpha value is -0.780. The van der Waals surface area contributed by atoms with Gasteiger partial charge in [0.25, 0.3) is 5.91 Å². The van der Waals surface area contributed by atoms with Gasteiger partial charge in [0.2, 0.25) is 0 Å². The zero-order chi connectivity index (χ0) is 16.5. The molecule has 1 aliphatic heterocycles. The smallest absolute Gasteiger partial charge is 0.257 e. The largest absolute Gasteiger partial charge is 0.490 e. The number of amides is 1. The van der Waals surface area contributed by atoms with Gasteiger partial charge < -0.3 is 15.4 Å². The number of halogens is 2. The van der Waals surface area contributed by atoms with Gasteiger partial charge in [-0.25, -0.2) is 0 Å². The lowest BCUT2D eigenvalue weighted by Gasteiger charge is -2.42. The summed E-state index contributed by atoms with van der Waals surface area (Å²) in [5.74, 6) is 0.644. The monoisotopic (exact) mass is 404 g/mol. The van der Waals surface area contributed by atoms with Crippen molar-refractivity contribution >= 4 is 34.2 Å². The molecule has 1 aromatic carbocycles. The highest BCUT2D eigenvalue weighted by Gasteiger charge is 2.36. The normalized spacial score (nSPS) is 20.1. The second-order valence-electron chi connectivity index (χ2n) is 6.92. The molecule has 130 valence electrons. The molecule has 6 heteroatoms. The molecule has 0 aliphatic carbocycles. The number of carbonyl (C=O) groups is 1. The minimum absolute atomic E-state index is 0. The average molecular weight is 406 g/mol. The van der Waals surface area contributed by atoms with Crippen molar-refractivity contribution in [1.29, 1.82) is 0 Å². The van der Waals surface area contributed by atoms with Gasteiger partial charge in [0.15, 0.2) is 0 Å². The summed E-state index contributed by atoms with van der Waals surface area (Å²) in [4.78, 5) is 14.8. The van der Waals surface area contributed by atoms with Crippen molar-refractivity contribution in [3.63, 3.8) is 0 Å². The maximum atomic E-state index is 12.9. The van der Waals surface area contributed by atoms with E-state index in [4.69, 9.17) is 10.5 Å². The highest BCUT2D eigenvalue weighted by molar-refractivity contribution is 9.10. The van der Waals surface area contributed by atoms with Gasteiger partial charge in [-0.15, -0.1) is 12.4 Å². The third-order valence-corrected chi connectivity index (χ3v) is 4.63. The maximum absolute atomic E-state index is 12.9. The first-order chi connectivity index (χ1) is 10.2. The van der Waals surface area contributed by atoms with Gasteiger partial charge in [0, 0.05) is 23.6 Å². The number of rotatable bonds is 3. The number of hydrogen-bond donors (Lipinski definition) is 1. The van der Waals surface area contributed by atoms with Crippen LogP contribution >= 0.6 is 28.3 Å². The number of carbonyl (C=O) groups excluding carboxylic acids is 1. The summed E-state index contributed by atoms with van der Waals surface area (Å²) in [6, 6.07) is 5.69. The molecule has 0 radical (unpaired) electrons. The van der Waals surface area contributed by atoms with Crippen LogP contribution in [-0.4, -0.2) is 36.0 Å². The van der Waals surface area contributed by atoms with Crippen LogP contribution in [0.2, 0.25) is 0 Å². The lowest BCUT2D eigenvalue weighted by molar-refractivity contribution is 0.0527. The van der Waals surface area contributed by atoms with E-state index in [-0.39, 0.29) is 35.9 Å². The fourth-order valence-electron chi connectivity index (χ4n) is 2.74. The van der Waals surface area contributed by atoms with Crippen LogP contribution in [0, 0.1) is 5.41 Å². The van der Waals surface area contributed by atoms with Crippen LogP contribution in [0.4, 0.5) is 0 Å². The van der Waals surface area contributed by atoms with Gasteiger partial charge in [-0.2, -0.15) is 0 Å². The Bertz CT molecular complexity index is 564. The van der Waals surface area contributed by atoms with Gasteiger partial charge in [-0.3, -0.25) is 4.79 Å². The third kappa shape index (κ3) is 4.85. The molecule has 1 atom stereocenters. The van der Waals surface area contributed by atoms with Crippen molar-refractivity contribution in [1.82, 2.24) is 4.90 Å². The molecule has 1 saturated heterocycles. The van der Waals surface area contributed by atoms with E-state index in [9.17, 15) is 4.79 Å². The van der Waals surface area contributed by atoms with Crippen LogP contribution in [0.1, 0.15) is 44.5 Å². The van der Waals surface area contributed by atoms with Crippen LogP contribution in [0.5, 0.6) is 5.75 Å². The molecule has 1 heterocycles. The first-order valence-electron chi connectivity index (χ1n) is 7.72. The fourth-order valence-corrected chi connectivity index (χ4v) is 3.08. The number of nitrogens with two attached hydrogens (primary N) is 1. The second-order valence-corrected chi connectivity index (χ2v) is 7.83. The standard InChI is InChI=1S/C17H25BrN2O2.ClH/c1-11(2)22-14-9-12(18)5-6-13(14)16(21)20-8-7-15(19)17(3,4)10-20;/h5-6,9,11,15H,7-8,10,19H2,1-4H3;1H. The summed E-state index contributed by atoms with van der Waals surface area (Å²) in [6.07, 6.45) is 0.849. The zero-order valence-corrected chi connectivity index (χ0v) is 16.5. The lowest BCUT2D eigenvalue weighted by atomic mass is 9.79. The summed E-state index contributed by atoms with van der Waals surface area (Å²) < 4.78 is 6.71. The summed E-state index contributed by atoms with van der Waals surface area (Å²) >= 11 is 3.44. The van der Waals surface area contributed by atoms with E-state index in [1.807, 2.05) is 36.9 Å². The minimum atomic E-state index is -0.0671. The highest BCUT2D eigenvalue weighted by atomic mass is 79.9. The quantitative estimate of drug-likeness (QED) is 0.831. The summed E-state index contributed by atoms with van der Waals surface area (Å²) in [5, 5.41) is 0. The van der Waals surface area contributed by atoms with Gasteiger partial charge in [-0.05, 0) is 43.9 Å². The molecule has 2 N–H and O–H groups in total. The van der Waals surface area contributed by atoms with Crippen LogP contribution in [-0.2, 0) is 0 Å². The Morgan fingerprint density at radius 1 is 1.43 bits per heavy atom. The van der Waals surface area contributed by atoms with E-state index in [1.54, 1.807) is 0 Å². The first kappa shape index (κ1) is 20.3. The molecule has 4 nitrogen and oxygen atoms in total. The summed E-state index contributed by atoms with van der Waals surface area (Å²) in [7, 11) is 0. The van der Waals surface area contributed by atoms with E-state index in [0.717, 1.165) is 10.9 Å². The van der Waals surface area contributed by atoms with Crippen molar-refractivity contribution in [2.45, 2.75) is 46.3 Å². The number of hydrogen-bond acceptors (Lipinski definition) is 3. The van der Waals surface area contributed by atoms with Crippen LogP contribution in [0.25, 0.3) is 0 Å². The molecule has 1 unspecified atom stereocenters. The Kier molecular flexibility index (Phi) is 6.93. The highest BCUT2D eigenvalue weighted by Crippen LogP contribution is 2.31. The molecule has 0 bridgehead atoms. The first-order valence-corrected chi connectivity index (χ1v) is 8.51. The van der Waals surface area contributed by atoms with Crippen molar-refractivity contribution in [3.8, 4) is 5.75 Å². The minimum Gasteiger partial charge on any atom is -0.490 e. The van der Waals surface area contributed by atoms with E-state index in [0.29, 0.717) is 24.4 Å². The molecule has 1 fully saturated rings. The predicted molar refractivity (Wildman–Crippen MR) is 99.4 cm³/mol. The van der Waals surface area contributed by atoms with E-state index in [2.05, 4.69) is 29.8 Å². The number of benzene rings is 1. The van der Waals surface area contributed by atoms with E-state index >= 15 is 0 Å². The maximum Gasteiger partial charge on any atom is 0.257 e. The van der Waals surface area contributed by atoms with Crippen LogP contribution < -0.4 is 10.5 Å². The molecule has 1 aromatic rings. The lowest BCUT2D eigenvalue weighted by Crippen LogP contribution is -2.54. The topological polar surface area (TPSA) is 55.6 Å². The summed E-state index contributed by atoms with van der Waals surface area (Å²) in [5.41, 5.74) is 6.71. The van der Waals surface area contributed by atoms with Gasteiger partial charge in [0.1, 0.15) is 5.75 Å². The number of piperidine rings is 1. The Morgan fingerprint density at radius 2 is 2.09 bits per heavy atom. The predicted octanol–water partition coefficient (Wildman–Crippen LogP) is 3.86. The van der Waals surface area contributed by atoms with Crippen LogP contribution in [0.3, 0.4) is 0 Å². The molecular formula is C17H26BrClN2O2. The molecule has 0 aromatic heterocycles. The molecule has 1 aliphatic rings. The molecule has 0 spiro atoms. The molecule has 0 saturated carbocycles. The Morgan fingerprint density at radius 3 is 2.65 bits per heavy atom. The van der Waals surface area contributed by atoms with E-state index in [1.165, 1.54) is 0 Å². The van der Waals surface area contributed by atoms with E-state index < -0.39 is 0 Å². The number of nitrogens with zero attached hydrogens (tertiary/aromatic N) is 1. The molecule has 1 amide bonds. The van der Waals surface area contributed by atoms with Crippen molar-refractivity contribution in [2.24, 2.45) is 11.1 Å². The fraction of sp³-hybridized carbons (Fsp3) is 0.588. The summed E-state index contributed by atoms with van der Waals surface area (Å²) in [6.45, 7) is 9.51. The Balaban J connectivity index is 0.00000264. The van der Waals surface area contributed by atoms with Crippen molar-refractivity contribution in [3.05, 3.63) is 28.2 Å². The molecule has 2 rings (SSSR count). The molecular weight excluding hydrogens is 380 g/mol. The van der Waals surface area contributed by atoms with Crippen LogP contribution in [0.15, 0.2) is 22.7 Å². The number of ether oxygens (including phenoxy) is 1. The van der Waals surface area contributed by atoms with Crippen molar-refractivity contribution in [2.75, 3.05) is 13.1 Å². The third-order valence-electron chi connectivity index (χ3n) is 4.14. The number of likely N-dealkylation sites (tertiary alicyclic amines) is 1. The van der Waals surface area contributed by atoms with Gasteiger partial charge in [-0.1, -0.05) is 29.8 Å². The SMILES string of the molecule is CC(C)Oc1cc(Br)ccc1C(=O)N1CCC(N)C(C)(C)C1.Cl. The Labute approximate surface area is 153 Å².